The quantitative estimate of drug-likeness (QED) is 0.703. The Labute approximate surface area is 161 Å². The van der Waals surface area contributed by atoms with Gasteiger partial charge in [0.2, 0.25) is 17.6 Å². The van der Waals surface area contributed by atoms with Crippen molar-refractivity contribution in [2.45, 2.75) is 12.8 Å². The van der Waals surface area contributed by atoms with Crippen LogP contribution in [0.4, 0.5) is 11.4 Å². The number of aromatic nitrogens is 2. The number of aryl methyl sites for hydroxylation is 1. The monoisotopic (exact) mass is 384 g/mol. The van der Waals surface area contributed by atoms with E-state index in [4.69, 9.17) is 9.26 Å². The number of benzene rings is 1. The standard InChI is InChI=1S/C19H20N4O3S/c24-17(5-6-18-21-19(22-26-18)14-7-12-27-13-14)20-15-1-3-16(4-2-15)23-8-10-25-11-9-23/h1-4,7,12-13H,5-6,8-11H2,(H,20,24). The number of hydrogen-bond acceptors (Lipinski definition) is 7. The summed E-state index contributed by atoms with van der Waals surface area (Å²) in [4.78, 5) is 18.8. The summed E-state index contributed by atoms with van der Waals surface area (Å²) in [7, 11) is 0. The van der Waals surface area contributed by atoms with Crippen LogP contribution in [0.3, 0.4) is 0 Å². The molecule has 8 heteroatoms. The molecule has 1 fully saturated rings. The van der Waals surface area contributed by atoms with Gasteiger partial charge in [0.1, 0.15) is 0 Å². The van der Waals surface area contributed by atoms with Crippen molar-refractivity contribution >= 4 is 28.6 Å². The highest BCUT2D eigenvalue weighted by molar-refractivity contribution is 7.08. The van der Waals surface area contributed by atoms with Crippen molar-refractivity contribution in [2.75, 3.05) is 36.5 Å². The van der Waals surface area contributed by atoms with Crippen LogP contribution in [-0.4, -0.2) is 42.4 Å². The predicted octanol–water partition coefficient (Wildman–Crippen LogP) is 3.21. The second kappa shape index (κ2) is 8.32. The maximum absolute atomic E-state index is 12.2. The first-order valence-corrected chi connectivity index (χ1v) is 9.80. The molecule has 27 heavy (non-hydrogen) atoms. The number of morpholine rings is 1. The molecule has 4 rings (SSSR count). The topological polar surface area (TPSA) is 80.5 Å². The second-order valence-electron chi connectivity index (χ2n) is 6.22. The predicted molar refractivity (Wildman–Crippen MR) is 104 cm³/mol. The van der Waals surface area contributed by atoms with Gasteiger partial charge in [-0.2, -0.15) is 16.3 Å². The van der Waals surface area contributed by atoms with E-state index < -0.39 is 0 Å². The lowest BCUT2D eigenvalue weighted by Gasteiger charge is -2.28. The zero-order chi connectivity index (χ0) is 18.5. The Balaban J connectivity index is 1.28. The maximum Gasteiger partial charge on any atom is 0.227 e. The second-order valence-corrected chi connectivity index (χ2v) is 7.00. The third-order valence-electron chi connectivity index (χ3n) is 4.34. The molecule has 0 atom stereocenters. The lowest BCUT2D eigenvalue weighted by molar-refractivity contribution is -0.116. The van der Waals surface area contributed by atoms with Crippen LogP contribution in [0.5, 0.6) is 0 Å². The highest BCUT2D eigenvalue weighted by Crippen LogP contribution is 2.20. The summed E-state index contributed by atoms with van der Waals surface area (Å²) in [6, 6.07) is 9.82. The van der Waals surface area contributed by atoms with Crippen molar-refractivity contribution in [3.63, 3.8) is 0 Å². The molecule has 0 spiro atoms. The number of nitrogens with zero attached hydrogens (tertiary/aromatic N) is 3. The van der Waals surface area contributed by atoms with Gasteiger partial charge in [-0.25, -0.2) is 0 Å². The Kier molecular flexibility index (Phi) is 5.45. The third-order valence-corrected chi connectivity index (χ3v) is 5.02. The van der Waals surface area contributed by atoms with Gasteiger partial charge in [0.25, 0.3) is 0 Å². The van der Waals surface area contributed by atoms with Gasteiger partial charge in [0, 0.05) is 48.2 Å². The van der Waals surface area contributed by atoms with E-state index in [-0.39, 0.29) is 12.3 Å². The lowest BCUT2D eigenvalue weighted by atomic mass is 10.2. The van der Waals surface area contributed by atoms with Crippen molar-refractivity contribution in [3.05, 3.63) is 47.0 Å². The molecular weight excluding hydrogens is 364 g/mol. The van der Waals surface area contributed by atoms with E-state index in [1.54, 1.807) is 11.3 Å². The van der Waals surface area contributed by atoms with Crippen molar-refractivity contribution in [2.24, 2.45) is 0 Å². The molecule has 3 aromatic rings. The molecule has 0 aliphatic carbocycles. The van der Waals surface area contributed by atoms with E-state index in [9.17, 15) is 4.79 Å². The van der Waals surface area contributed by atoms with E-state index >= 15 is 0 Å². The van der Waals surface area contributed by atoms with E-state index in [1.807, 2.05) is 41.1 Å². The van der Waals surface area contributed by atoms with E-state index in [1.165, 1.54) is 0 Å². The number of nitrogens with one attached hydrogen (secondary N) is 1. The van der Waals surface area contributed by atoms with Crippen molar-refractivity contribution in [3.8, 4) is 11.4 Å². The number of anilines is 2. The number of amides is 1. The van der Waals surface area contributed by atoms with Gasteiger partial charge < -0.3 is 19.5 Å². The first-order chi connectivity index (χ1) is 13.3. The Bertz CT molecular complexity index is 871. The van der Waals surface area contributed by atoms with Crippen molar-refractivity contribution in [1.82, 2.24) is 10.1 Å². The number of thiophene rings is 1. The van der Waals surface area contributed by atoms with Gasteiger partial charge in [0.05, 0.1) is 13.2 Å². The highest BCUT2D eigenvalue weighted by Gasteiger charge is 2.13. The summed E-state index contributed by atoms with van der Waals surface area (Å²) >= 11 is 1.58. The summed E-state index contributed by atoms with van der Waals surface area (Å²) in [6.45, 7) is 3.29. The molecule has 2 aromatic heterocycles. The Hall–Kier alpha value is -2.71. The molecule has 1 saturated heterocycles. The molecule has 1 amide bonds. The summed E-state index contributed by atoms with van der Waals surface area (Å²) in [6.07, 6.45) is 0.700. The number of carbonyl (C=O) groups is 1. The fraction of sp³-hybridized carbons (Fsp3) is 0.316. The normalized spacial score (nSPS) is 14.3. The molecule has 1 N–H and O–H groups in total. The van der Waals surface area contributed by atoms with Gasteiger partial charge in [-0.3, -0.25) is 4.79 Å². The van der Waals surface area contributed by atoms with Gasteiger partial charge in [-0.05, 0) is 35.7 Å². The van der Waals surface area contributed by atoms with E-state index in [2.05, 4.69) is 20.4 Å². The number of ether oxygens (including phenoxy) is 1. The first kappa shape index (κ1) is 17.7. The molecule has 3 heterocycles. The fourth-order valence-corrected chi connectivity index (χ4v) is 3.52. The third kappa shape index (κ3) is 4.53. The maximum atomic E-state index is 12.2. The zero-order valence-electron chi connectivity index (χ0n) is 14.8. The van der Waals surface area contributed by atoms with E-state index in [0.717, 1.165) is 43.2 Å². The summed E-state index contributed by atoms with van der Waals surface area (Å²) < 4.78 is 10.6. The minimum absolute atomic E-state index is 0.0793. The smallest absolute Gasteiger partial charge is 0.227 e. The zero-order valence-corrected chi connectivity index (χ0v) is 15.6. The van der Waals surface area contributed by atoms with Gasteiger partial charge in [-0.15, -0.1) is 0 Å². The molecule has 0 radical (unpaired) electrons. The summed E-state index contributed by atoms with van der Waals surface area (Å²) in [5.41, 5.74) is 2.85. The van der Waals surface area contributed by atoms with Crippen molar-refractivity contribution < 1.29 is 14.1 Å². The molecule has 0 saturated carbocycles. The molecule has 0 bridgehead atoms. The number of hydrogen-bond donors (Lipinski definition) is 1. The minimum Gasteiger partial charge on any atom is -0.378 e. The Morgan fingerprint density at radius 3 is 2.74 bits per heavy atom. The van der Waals surface area contributed by atoms with Crippen LogP contribution in [0.2, 0.25) is 0 Å². The van der Waals surface area contributed by atoms with Gasteiger partial charge in [-0.1, -0.05) is 5.16 Å². The van der Waals surface area contributed by atoms with Crippen molar-refractivity contribution in [1.29, 1.82) is 0 Å². The average molecular weight is 384 g/mol. The average Bonchev–Trinajstić information content (AvgIpc) is 3.39. The Morgan fingerprint density at radius 2 is 2.00 bits per heavy atom. The van der Waals surface area contributed by atoms with E-state index in [0.29, 0.717) is 18.1 Å². The SMILES string of the molecule is O=C(CCc1nc(-c2ccsc2)no1)Nc1ccc(N2CCOCC2)cc1. The molecule has 0 unspecified atom stereocenters. The van der Waals surface area contributed by atoms with Crippen LogP contribution in [0, 0.1) is 0 Å². The van der Waals surface area contributed by atoms with Crippen LogP contribution in [0.1, 0.15) is 12.3 Å². The minimum atomic E-state index is -0.0793. The highest BCUT2D eigenvalue weighted by atomic mass is 32.1. The van der Waals surface area contributed by atoms with Crippen LogP contribution < -0.4 is 10.2 Å². The molecule has 1 aliphatic rings. The largest absolute Gasteiger partial charge is 0.378 e. The van der Waals surface area contributed by atoms with Crippen LogP contribution in [-0.2, 0) is 16.0 Å². The summed E-state index contributed by atoms with van der Waals surface area (Å²) in [5.74, 6) is 0.948. The number of carbonyl (C=O) groups excluding carboxylic acids is 1. The Morgan fingerprint density at radius 1 is 1.19 bits per heavy atom. The number of rotatable bonds is 6. The van der Waals surface area contributed by atoms with Crippen LogP contribution in [0.25, 0.3) is 11.4 Å². The molecule has 1 aromatic carbocycles. The lowest BCUT2D eigenvalue weighted by Crippen LogP contribution is -2.36. The fourth-order valence-electron chi connectivity index (χ4n) is 2.89. The van der Waals surface area contributed by atoms with Gasteiger partial charge >= 0.3 is 0 Å². The van der Waals surface area contributed by atoms with Crippen LogP contribution >= 0.6 is 11.3 Å². The molecule has 1 aliphatic heterocycles. The molecule has 7 nitrogen and oxygen atoms in total. The molecule has 140 valence electrons. The first-order valence-electron chi connectivity index (χ1n) is 8.86. The van der Waals surface area contributed by atoms with Gasteiger partial charge in [0.15, 0.2) is 0 Å². The van der Waals surface area contributed by atoms with Crippen LogP contribution in [0.15, 0.2) is 45.6 Å². The molecular formula is C19H20N4O3S. The summed E-state index contributed by atoms with van der Waals surface area (Å²) in [5, 5.41) is 10.8.